The van der Waals surface area contributed by atoms with Crippen LogP contribution in [0.2, 0.25) is 0 Å². The van der Waals surface area contributed by atoms with Crippen LogP contribution in [0.4, 0.5) is 0 Å². The summed E-state index contributed by atoms with van der Waals surface area (Å²) in [5, 5.41) is 19.1. The standard InChI is InChI=1S/C26H56NO2.BrH/c1-3-5-7-9-10-11-12-13-14-15-16-17-18-20-22-27(23-25-28,24-26-29)21-19-8-6-4-2;/h28-29H,3-26H2,1-2H3;1H/q+1;/p-1. The number of quaternary nitrogens is 1. The molecule has 0 aliphatic heterocycles. The van der Waals surface area contributed by atoms with E-state index in [1.165, 1.54) is 116 Å². The van der Waals surface area contributed by atoms with E-state index in [-0.39, 0.29) is 30.2 Å². The summed E-state index contributed by atoms with van der Waals surface area (Å²) in [5.74, 6) is 0. The molecule has 0 aromatic rings. The Hall–Kier alpha value is 0.360. The molecule has 4 heteroatoms. The first-order chi connectivity index (χ1) is 14.2. The molecule has 3 nitrogen and oxygen atoms in total. The largest absolute Gasteiger partial charge is 1.00 e. The highest BCUT2D eigenvalue weighted by Gasteiger charge is 2.25. The molecule has 0 aromatic heterocycles. The molecule has 0 aliphatic rings. The maximum absolute atomic E-state index is 9.55. The number of aliphatic hydroxyl groups excluding tert-OH is 2. The lowest BCUT2D eigenvalue weighted by atomic mass is 10.0. The number of nitrogens with zero attached hydrogens (tertiary/aromatic N) is 1. The van der Waals surface area contributed by atoms with Crippen LogP contribution in [0.15, 0.2) is 0 Å². The third-order valence-electron chi connectivity index (χ3n) is 6.62. The Morgan fingerprint density at radius 1 is 0.400 bits per heavy atom. The van der Waals surface area contributed by atoms with Crippen LogP contribution in [0, 0.1) is 0 Å². The van der Waals surface area contributed by atoms with Crippen molar-refractivity contribution in [3.8, 4) is 0 Å². The second-order valence-corrected chi connectivity index (χ2v) is 9.34. The van der Waals surface area contributed by atoms with Gasteiger partial charge >= 0.3 is 0 Å². The molecular weight excluding hydrogens is 438 g/mol. The topological polar surface area (TPSA) is 40.5 Å². The molecule has 0 rings (SSSR count). The number of hydrogen-bond acceptors (Lipinski definition) is 2. The van der Waals surface area contributed by atoms with Gasteiger partial charge in [0.15, 0.2) is 0 Å². The van der Waals surface area contributed by atoms with E-state index >= 15 is 0 Å². The third-order valence-corrected chi connectivity index (χ3v) is 6.62. The van der Waals surface area contributed by atoms with Crippen molar-refractivity contribution in [2.45, 2.75) is 129 Å². The van der Waals surface area contributed by atoms with Crippen molar-refractivity contribution in [2.75, 3.05) is 39.4 Å². The van der Waals surface area contributed by atoms with Gasteiger partial charge in [-0.25, -0.2) is 0 Å². The van der Waals surface area contributed by atoms with Crippen molar-refractivity contribution >= 4 is 0 Å². The van der Waals surface area contributed by atoms with Gasteiger partial charge in [0, 0.05) is 0 Å². The Morgan fingerprint density at radius 2 is 0.667 bits per heavy atom. The van der Waals surface area contributed by atoms with Crippen LogP contribution in [0.1, 0.15) is 129 Å². The van der Waals surface area contributed by atoms with Crippen molar-refractivity contribution < 1.29 is 31.7 Å². The molecule has 0 spiro atoms. The fourth-order valence-electron chi connectivity index (χ4n) is 4.61. The summed E-state index contributed by atoms with van der Waals surface area (Å²) in [6.45, 7) is 8.90. The van der Waals surface area contributed by atoms with Crippen LogP contribution in [0.25, 0.3) is 0 Å². The van der Waals surface area contributed by atoms with Crippen LogP contribution in [0.3, 0.4) is 0 Å². The minimum absolute atomic E-state index is 0. The van der Waals surface area contributed by atoms with Crippen molar-refractivity contribution in [3.63, 3.8) is 0 Å². The minimum atomic E-state index is 0. The molecule has 0 saturated heterocycles. The molecular formula is C26H56BrNO2. The van der Waals surface area contributed by atoms with Crippen molar-refractivity contribution in [3.05, 3.63) is 0 Å². The van der Waals surface area contributed by atoms with Crippen molar-refractivity contribution in [1.82, 2.24) is 0 Å². The molecule has 0 bridgehead atoms. The average molecular weight is 495 g/mol. The first-order valence-electron chi connectivity index (χ1n) is 13.3. The molecule has 2 N–H and O–H groups in total. The number of halogens is 1. The third kappa shape index (κ3) is 20.3. The summed E-state index contributed by atoms with van der Waals surface area (Å²) in [5.41, 5.74) is 0. The molecule has 0 aromatic carbocycles. The molecule has 0 fully saturated rings. The van der Waals surface area contributed by atoms with Crippen LogP contribution in [-0.2, 0) is 0 Å². The Morgan fingerprint density at radius 3 is 0.967 bits per heavy atom. The smallest absolute Gasteiger partial charge is 0.102 e. The van der Waals surface area contributed by atoms with Gasteiger partial charge < -0.3 is 31.7 Å². The normalized spacial score (nSPS) is 11.6. The van der Waals surface area contributed by atoms with Gasteiger partial charge in [0.1, 0.15) is 13.1 Å². The maximum Gasteiger partial charge on any atom is 0.102 e. The molecule has 30 heavy (non-hydrogen) atoms. The van der Waals surface area contributed by atoms with Gasteiger partial charge in [0.05, 0.1) is 26.3 Å². The summed E-state index contributed by atoms with van der Waals surface area (Å²) in [4.78, 5) is 0. The van der Waals surface area contributed by atoms with Gasteiger partial charge in [-0.05, 0) is 25.7 Å². The van der Waals surface area contributed by atoms with E-state index < -0.39 is 0 Å². The molecule has 0 unspecified atom stereocenters. The maximum atomic E-state index is 9.55. The van der Waals surface area contributed by atoms with Gasteiger partial charge in [-0.15, -0.1) is 0 Å². The molecule has 0 heterocycles. The molecule has 0 aliphatic carbocycles. The van der Waals surface area contributed by atoms with Gasteiger partial charge in [-0.2, -0.15) is 0 Å². The van der Waals surface area contributed by atoms with Gasteiger partial charge in [-0.3, -0.25) is 0 Å². The molecule has 0 radical (unpaired) electrons. The second-order valence-electron chi connectivity index (χ2n) is 9.34. The van der Waals surface area contributed by atoms with Gasteiger partial charge in [0.25, 0.3) is 0 Å². The van der Waals surface area contributed by atoms with E-state index in [0.29, 0.717) is 0 Å². The average Bonchev–Trinajstić information content (AvgIpc) is 2.72. The number of rotatable bonds is 24. The first kappa shape index (κ1) is 32.5. The predicted octanol–water partition coefficient (Wildman–Crippen LogP) is 3.85. The summed E-state index contributed by atoms with van der Waals surface area (Å²) in [6.07, 6.45) is 24.6. The number of unbranched alkanes of at least 4 members (excludes halogenated alkanes) is 16. The zero-order valence-corrected chi connectivity index (χ0v) is 22.3. The zero-order chi connectivity index (χ0) is 21.5. The van der Waals surface area contributed by atoms with E-state index in [4.69, 9.17) is 0 Å². The van der Waals surface area contributed by atoms with E-state index in [9.17, 15) is 10.2 Å². The molecule has 0 saturated carbocycles. The Labute approximate surface area is 200 Å². The fraction of sp³-hybridized carbons (Fsp3) is 1.00. The first-order valence-corrected chi connectivity index (χ1v) is 13.3. The quantitative estimate of drug-likeness (QED) is 0.158. The van der Waals surface area contributed by atoms with Crippen LogP contribution in [-0.4, -0.2) is 54.1 Å². The lowest BCUT2D eigenvalue weighted by molar-refractivity contribution is -0.929. The highest BCUT2D eigenvalue weighted by Crippen LogP contribution is 2.16. The highest BCUT2D eigenvalue weighted by molar-refractivity contribution is 4.52. The van der Waals surface area contributed by atoms with E-state index in [0.717, 1.165) is 30.7 Å². The Balaban J connectivity index is 0. The van der Waals surface area contributed by atoms with Crippen LogP contribution >= 0.6 is 0 Å². The summed E-state index contributed by atoms with van der Waals surface area (Å²) in [6, 6.07) is 0. The molecule has 184 valence electrons. The Kier molecular flexibility index (Phi) is 27.8. The number of hydrogen-bond donors (Lipinski definition) is 2. The Bertz CT molecular complexity index is 309. The summed E-state index contributed by atoms with van der Waals surface area (Å²) in [7, 11) is 0. The summed E-state index contributed by atoms with van der Waals surface area (Å²) < 4.78 is 0.926. The van der Waals surface area contributed by atoms with Crippen molar-refractivity contribution in [2.24, 2.45) is 0 Å². The molecule has 0 amide bonds. The van der Waals surface area contributed by atoms with E-state index in [1.54, 1.807) is 0 Å². The van der Waals surface area contributed by atoms with Gasteiger partial charge in [0.2, 0.25) is 0 Å². The minimum Gasteiger partial charge on any atom is -1.00 e. The lowest BCUT2D eigenvalue weighted by Gasteiger charge is -2.38. The molecule has 0 atom stereocenters. The van der Waals surface area contributed by atoms with E-state index in [1.807, 2.05) is 0 Å². The zero-order valence-electron chi connectivity index (χ0n) is 20.7. The fourth-order valence-corrected chi connectivity index (χ4v) is 4.61. The van der Waals surface area contributed by atoms with Crippen molar-refractivity contribution in [1.29, 1.82) is 0 Å². The SMILES string of the molecule is CCCCCCCCCCCCCCCC[N+](CCO)(CCO)CCCCCC.[Br-]. The lowest BCUT2D eigenvalue weighted by Crippen LogP contribution is -3.00. The van der Waals surface area contributed by atoms with E-state index in [2.05, 4.69) is 13.8 Å². The monoisotopic (exact) mass is 493 g/mol. The number of aliphatic hydroxyl groups is 2. The summed E-state index contributed by atoms with van der Waals surface area (Å²) >= 11 is 0. The van der Waals surface area contributed by atoms with Gasteiger partial charge in [-0.1, -0.05) is 104 Å². The second kappa shape index (κ2) is 25.6. The highest BCUT2D eigenvalue weighted by atomic mass is 79.9. The predicted molar refractivity (Wildman–Crippen MR) is 128 cm³/mol. The van der Waals surface area contributed by atoms with Crippen LogP contribution < -0.4 is 17.0 Å². The van der Waals surface area contributed by atoms with Crippen LogP contribution in [0.5, 0.6) is 0 Å².